The van der Waals surface area contributed by atoms with Crippen LogP contribution in [-0.4, -0.2) is 53.0 Å². The van der Waals surface area contributed by atoms with Crippen molar-refractivity contribution < 1.29 is 4.74 Å². The van der Waals surface area contributed by atoms with Gasteiger partial charge >= 0.3 is 0 Å². The maximum atomic E-state index is 5.85. The highest BCUT2D eigenvalue weighted by molar-refractivity contribution is 5.91. The number of aromatic nitrogens is 4. The number of nitrogens with two attached hydrogens (primary N) is 1. The standard InChI is InChI=1S/C17H21N7O/c1-10-9-25-6-5-24(10)15-8-13(20-17(19-2)21-15)11-3-4-12-14(7-11)22-23-16(12)18/h3-4,7-8,10H,5-6,9H2,1-2H3,(H3,18,22,23)(H,19,20,21). The second kappa shape index (κ2) is 6.21. The van der Waals surface area contributed by atoms with Crippen LogP contribution in [-0.2, 0) is 4.74 Å². The van der Waals surface area contributed by atoms with Crippen molar-refractivity contribution in [2.24, 2.45) is 0 Å². The van der Waals surface area contributed by atoms with Gasteiger partial charge in [-0.05, 0) is 19.1 Å². The van der Waals surface area contributed by atoms with Gasteiger partial charge in [-0.25, -0.2) is 4.98 Å². The van der Waals surface area contributed by atoms with E-state index in [1.807, 2.05) is 31.3 Å². The van der Waals surface area contributed by atoms with Crippen LogP contribution in [0.1, 0.15) is 6.92 Å². The van der Waals surface area contributed by atoms with E-state index in [-0.39, 0.29) is 6.04 Å². The normalized spacial score (nSPS) is 17.8. The second-order valence-corrected chi connectivity index (χ2v) is 6.17. The molecule has 1 unspecified atom stereocenters. The lowest BCUT2D eigenvalue weighted by molar-refractivity contribution is 0.0985. The smallest absolute Gasteiger partial charge is 0.224 e. The first-order valence-electron chi connectivity index (χ1n) is 8.31. The Morgan fingerprint density at radius 1 is 1.32 bits per heavy atom. The summed E-state index contributed by atoms with van der Waals surface area (Å²) in [6.07, 6.45) is 0. The third-order valence-corrected chi connectivity index (χ3v) is 4.49. The van der Waals surface area contributed by atoms with Crippen LogP contribution in [0, 0.1) is 0 Å². The van der Waals surface area contributed by atoms with E-state index < -0.39 is 0 Å². The van der Waals surface area contributed by atoms with Crippen LogP contribution in [0.25, 0.3) is 22.2 Å². The van der Waals surface area contributed by atoms with Gasteiger partial charge in [-0.3, -0.25) is 5.10 Å². The molecule has 2 aromatic heterocycles. The molecule has 1 aromatic carbocycles. The van der Waals surface area contributed by atoms with Crippen molar-refractivity contribution in [2.45, 2.75) is 13.0 Å². The number of ether oxygens (including phenoxy) is 1. The number of hydrogen-bond donors (Lipinski definition) is 3. The summed E-state index contributed by atoms with van der Waals surface area (Å²) in [6, 6.07) is 8.26. The number of aromatic amines is 1. The monoisotopic (exact) mass is 339 g/mol. The molecule has 0 radical (unpaired) electrons. The first-order chi connectivity index (χ1) is 12.2. The molecule has 0 saturated carbocycles. The molecule has 4 N–H and O–H groups in total. The predicted octanol–water partition coefficient (Wildman–Crippen LogP) is 1.87. The molecule has 8 nitrogen and oxygen atoms in total. The first kappa shape index (κ1) is 15.6. The zero-order valence-corrected chi connectivity index (χ0v) is 14.3. The summed E-state index contributed by atoms with van der Waals surface area (Å²) in [5.74, 6) is 1.99. The average molecular weight is 339 g/mol. The summed E-state index contributed by atoms with van der Waals surface area (Å²) in [7, 11) is 1.82. The van der Waals surface area contributed by atoms with E-state index in [0.29, 0.717) is 25.0 Å². The molecule has 1 aliphatic rings. The van der Waals surface area contributed by atoms with Crippen molar-refractivity contribution in [1.82, 2.24) is 20.2 Å². The summed E-state index contributed by atoms with van der Waals surface area (Å²) >= 11 is 0. The van der Waals surface area contributed by atoms with Gasteiger partial charge in [0.1, 0.15) is 5.82 Å². The Kier molecular flexibility index (Phi) is 3.89. The van der Waals surface area contributed by atoms with Crippen molar-refractivity contribution in [3.8, 4) is 11.3 Å². The van der Waals surface area contributed by atoms with Gasteiger partial charge in [-0.2, -0.15) is 10.1 Å². The van der Waals surface area contributed by atoms with Gasteiger partial charge in [-0.15, -0.1) is 0 Å². The molecule has 0 aliphatic carbocycles. The quantitative estimate of drug-likeness (QED) is 0.669. The summed E-state index contributed by atoms with van der Waals surface area (Å²) < 4.78 is 5.53. The molecule has 1 saturated heterocycles. The number of hydrogen-bond acceptors (Lipinski definition) is 7. The fraction of sp³-hybridized carbons (Fsp3) is 0.353. The lowest BCUT2D eigenvalue weighted by Crippen LogP contribution is -2.44. The van der Waals surface area contributed by atoms with E-state index in [1.54, 1.807) is 0 Å². The van der Waals surface area contributed by atoms with Crippen LogP contribution in [0.4, 0.5) is 17.6 Å². The molecule has 0 bridgehead atoms. The Balaban J connectivity index is 1.78. The Hall–Kier alpha value is -2.87. The lowest BCUT2D eigenvalue weighted by Gasteiger charge is -2.34. The number of fused-ring (bicyclic) bond motifs is 1. The number of nitrogen functional groups attached to an aromatic ring is 1. The fourth-order valence-corrected chi connectivity index (χ4v) is 3.11. The summed E-state index contributed by atoms with van der Waals surface area (Å²) in [4.78, 5) is 11.5. The topological polar surface area (TPSA) is 105 Å². The minimum absolute atomic E-state index is 0.274. The van der Waals surface area contributed by atoms with Crippen LogP contribution in [0.5, 0.6) is 0 Å². The number of morpholine rings is 1. The average Bonchev–Trinajstić information content (AvgIpc) is 3.02. The Labute approximate surface area is 145 Å². The Bertz CT molecular complexity index is 907. The van der Waals surface area contributed by atoms with Gasteiger partial charge in [0.15, 0.2) is 5.82 Å². The summed E-state index contributed by atoms with van der Waals surface area (Å²) in [5, 5.41) is 11.0. The third kappa shape index (κ3) is 2.85. The zero-order valence-electron chi connectivity index (χ0n) is 14.3. The van der Waals surface area contributed by atoms with Gasteiger partial charge in [0.2, 0.25) is 5.95 Å². The van der Waals surface area contributed by atoms with E-state index in [0.717, 1.165) is 34.5 Å². The second-order valence-electron chi connectivity index (χ2n) is 6.17. The van der Waals surface area contributed by atoms with Crippen molar-refractivity contribution in [3.05, 3.63) is 24.3 Å². The third-order valence-electron chi connectivity index (χ3n) is 4.49. The highest BCUT2D eigenvalue weighted by Crippen LogP contribution is 2.28. The van der Waals surface area contributed by atoms with E-state index in [4.69, 9.17) is 10.5 Å². The number of anilines is 3. The summed E-state index contributed by atoms with van der Waals surface area (Å²) in [6.45, 7) is 4.36. The number of H-pyrrole nitrogens is 1. The largest absolute Gasteiger partial charge is 0.382 e. The molecule has 1 fully saturated rings. The first-order valence-corrected chi connectivity index (χ1v) is 8.31. The van der Waals surface area contributed by atoms with E-state index in [2.05, 4.69) is 37.3 Å². The number of benzene rings is 1. The molecular formula is C17H21N7O. The molecule has 25 heavy (non-hydrogen) atoms. The number of rotatable bonds is 3. The molecule has 8 heteroatoms. The van der Waals surface area contributed by atoms with Crippen LogP contribution < -0.4 is 16.0 Å². The number of nitrogens with zero attached hydrogens (tertiary/aromatic N) is 4. The fourth-order valence-electron chi connectivity index (χ4n) is 3.11. The molecule has 0 amide bonds. The minimum atomic E-state index is 0.274. The van der Waals surface area contributed by atoms with Crippen molar-refractivity contribution in [3.63, 3.8) is 0 Å². The molecule has 130 valence electrons. The van der Waals surface area contributed by atoms with Crippen LogP contribution in [0.15, 0.2) is 24.3 Å². The predicted molar refractivity (Wildman–Crippen MR) is 98.7 cm³/mol. The van der Waals surface area contributed by atoms with Gasteiger partial charge in [0.05, 0.1) is 30.5 Å². The SMILES string of the molecule is CNc1nc(-c2ccc3c(N)n[nH]c3c2)cc(N2CCOCC2C)n1. The highest BCUT2D eigenvalue weighted by atomic mass is 16.5. The highest BCUT2D eigenvalue weighted by Gasteiger charge is 2.21. The molecule has 3 heterocycles. The molecular weight excluding hydrogens is 318 g/mol. The van der Waals surface area contributed by atoms with E-state index >= 15 is 0 Å². The van der Waals surface area contributed by atoms with Crippen molar-refractivity contribution in [1.29, 1.82) is 0 Å². The van der Waals surface area contributed by atoms with Gasteiger partial charge < -0.3 is 20.7 Å². The maximum absolute atomic E-state index is 5.85. The van der Waals surface area contributed by atoms with Gasteiger partial charge in [0.25, 0.3) is 0 Å². The Morgan fingerprint density at radius 2 is 2.20 bits per heavy atom. The minimum Gasteiger partial charge on any atom is -0.382 e. The summed E-state index contributed by atoms with van der Waals surface area (Å²) in [5.41, 5.74) is 8.57. The molecule has 4 rings (SSSR count). The molecule has 3 aromatic rings. The van der Waals surface area contributed by atoms with Crippen molar-refractivity contribution in [2.75, 3.05) is 42.8 Å². The van der Waals surface area contributed by atoms with Gasteiger partial charge in [-0.1, -0.05) is 6.07 Å². The van der Waals surface area contributed by atoms with E-state index in [9.17, 15) is 0 Å². The lowest BCUT2D eigenvalue weighted by atomic mass is 10.1. The van der Waals surface area contributed by atoms with Crippen LogP contribution >= 0.6 is 0 Å². The van der Waals surface area contributed by atoms with Crippen LogP contribution in [0.2, 0.25) is 0 Å². The van der Waals surface area contributed by atoms with Crippen LogP contribution in [0.3, 0.4) is 0 Å². The molecule has 1 atom stereocenters. The number of nitrogens with one attached hydrogen (secondary N) is 2. The van der Waals surface area contributed by atoms with Crippen molar-refractivity contribution >= 4 is 28.5 Å². The van der Waals surface area contributed by atoms with E-state index in [1.165, 1.54) is 0 Å². The zero-order chi connectivity index (χ0) is 17.4. The maximum Gasteiger partial charge on any atom is 0.224 e. The Morgan fingerprint density at radius 3 is 3.00 bits per heavy atom. The van der Waals surface area contributed by atoms with Gasteiger partial charge in [0, 0.05) is 30.6 Å². The molecule has 0 spiro atoms. The molecule has 1 aliphatic heterocycles.